The summed E-state index contributed by atoms with van der Waals surface area (Å²) in [5.41, 5.74) is 19.8. The first-order chi connectivity index (χ1) is 27.3. The van der Waals surface area contributed by atoms with Gasteiger partial charge in [0.25, 0.3) is 0 Å². The van der Waals surface area contributed by atoms with E-state index >= 15 is 0 Å². The van der Waals surface area contributed by atoms with Crippen LogP contribution in [0.1, 0.15) is 49.9 Å². The Bertz CT molecular complexity index is 2870. The summed E-state index contributed by atoms with van der Waals surface area (Å²) in [5.74, 6) is 0. The molecule has 268 valence electrons. The van der Waals surface area contributed by atoms with Gasteiger partial charge in [0, 0.05) is 44.0 Å². The van der Waals surface area contributed by atoms with Gasteiger partial charge in [-0.05, 0) is 75.3 Å². The highest BCUT2D eigenvalue weighted by Crippen LogP contribution is 2.59. The molecule has 0 amide bonds. The highest BCUT2D eigenvalue weighted by molar-refractivity contribution is 6.10. The van der Waals surface area contributed by atoms with Gasteiger partial charge in [0.1, 0.15) is 0 Å². The molecule has 2 nitrogen and oxygen atoms in total. The number of fused-ring (bicyclic) bond motifs is 9. The van der Waals surface area contributed by atoms with Crippen molar-refractivity contribution in [1.82, 2.24) is 4.57 Å². The van der Waals surface area contributed by atoms with Gasteiger partial charge in [0.05, 0.1) is 28.1 Å². The van der Waals surface area contributed by atoms with Crippen molar-refractivity contribution in [2.24, 2.45) is 0 Å². The Morgan fingerprint density at radius 3 is 1.39 bits per heavy atom. The number of para-hydroxylation sites is 2. The zero-order valence-corrected chi connectivity index (χ0v) is 32.2. The number of rotatable bonds is 5. The maximum Gasteiger partial charge on any atom is 0.0561 e. The van der Waals surface area contributed by atoms with Crippen molar-refractivity contribution in [1.29, 1.82) is 0 Å². The molecule has 0 N–H and O–H groups in total. The van der Waals surface area contributed by atoms with E-state index in [9.17, 15) is 0 Å². The average Bonchev–Trinajstić information content (AvgIpc) is 3.79. The number of aromatic nitrogens is 1. The molecule has 56 heavy (non-hydrogen) atoms. The van der Waals surface area contributed by atoms with Gasteiger partial charge in [0.2, 0.25) is 0 Å². The van der Waals surface area contributed by atoms with E-state index in [-0.39, 0.29) is 10.8 Å². The minimum atomic E-state index is -0.145. The van der Waals surface area contributed by atoms with Crippen LogP contribution in [0.4, 0.5) is 17.1 Å². The van der Waals surface area contributed by atoms with E-state index in [1.807, 2.05) is 0 Å². The number of benzene rings is 8. The Morgan fingerprint density at radius 2 is 0.839 bits per heavy atom. The van der Waals surface area contributed by atoms with Crippen molar-refractivity contribution in [2.75, 3.05) is 4.90 Å². The molecule has 1 aromatic heterocycles. The summed E-state index contributed by atoms with van der Waals surface area (Å²) < 4.78 is 2.45. The molecule has 0 bridgehead atoms. The number of hydrogen-bond donors (Lipinski definition) is 0. The van der Waals surface area contributed by atoms with Gasteiger partial charge in [-0.25, -0.2) is 0 Å². The zero-order valence-electron chi connectivity index (χ0n) is 32.2. The highest BCUT2D eigenvalue weighted by atomic mass is 15.2. The lowest BCUT2D eigenvalue weighted by Gasteiger charge is -2.33. The summed E-state index contributed by atoms with van der Waals surface area (Å²) in [6.45, 7) is 9.51. The van der Waals surface area contributed by atoms with Gasteiger partial charge in [-0.3, -0.25) is 0 Å². The molecule has 0 unspecified atom stereocenters. The van der Waals surface area contributed by atoms with Gasteiger partial charge >= 0.3 is 0 Å². The molecule has 8 aromatic carbocycles. The Morgan fingerprint density at radius 1 is 0.375 bits per heavy atom. The van der Waals surface area contributed by atoms with Crippen LogP contribution in [0.3, 0.4) is 0 Å². The molecule has 2 aliphatic rings. The molecule has 0 radical (unpaired) electrons. The SMILES string of the molecule is CC1(C)c2ccccc2-c2c(N(c3cc(-n4c5ccccc5c5ccccc54)ccc3-c3ccccc3)c3cccc4c3-c3ccccc3C4(C)C)cccc21. The summed E-state index contributed by atoms with van der Waals surface area (Å²) >= 11 is 0. The minimum absolute atomic E-state index is 0.145. The Hall–Kier alpha value is -6.64. The molecule has 2 heteroatoms. The summed E-state index contributed by atoms with van der Waals surface area (Å²) in [6, 6.07) is 67.6. The topological polar surface area (TPSA) is 8.17 Å². The molecule has 1 heterocycles. The normalized spacial score (nSPS) is 14.4. The maximum absolute atomic E-state index is 2.60. The van der Waals surface area contributed by atoms with Crippen molar-refractivity contribution in [3.05, 3.63) is 204 Å². The fourth-order valence-corrected chi connectivity index (χ4v) is 10.1. The van der Waals surface area contributed by atoms with Crippen molar-refractivity contribution in [2.45, 2.75) is 38.5 Å². The van der Waals surface area contributed by atoms with Gasteiger partial charge < -0.3 is 9.47 Å². The van der Waals surface area contributed by atoms with Gasteiger partial charge in [0.15, 0.2) is 0 Å². The van der Waals surface area contributed by atoms with E-state index in [1.54, 1.807) is 0 Å². The van der Waals surface area contributed by atoms with Crippen molar-refractivity contribution in [3.63, 3.8) is 0 Å². The van der Waals surface area contributed by atoms with Crippen LogP contribution in [-0.4, -0.2) is 4.57 Å². The van der Waals surface area contributed by atoms with Crippen LogP contribution in [0.25, 0.3) is 60.9 Å². The Labute approximate surface area is 328 Å². The van der Waals surface area contributed by atoms with Crippen LogP contribution in [0, 0.1) is 0 Å². The molecule has 0 aliphatic heterocycles. The van der Waals surface area contributed by atoms with Crippen molar-refractivity contribution < 1.29 is 0 Å². The van der Waals surface area contributed by atoms with Gasteiger partial charge in [-0.15, -0.1) is 0 Å². The number of hydrogen-bond acceptors (Lipinski definition) is 1. The molecular formula is C54H42N2. The predicted molar refractivity (Wildman–Crippen MR) is 236 cm³/mol. The average molecular weight is 719 g/mol. The number of anilines is 3. The molecule has 0 saturated carbocycles. The van der Waals surface area contributed by atoms with Crippen LogP contribution in [-0.2, 0) is 10.8 Å². The molecule has 0 saturated heterocycles. The van der Waals surface area contributed by atoms with E-state index in [1.165, 1.54) is 88.8 Å². The molecule has 0 fully saturated rings. The van der Waals surface area contributed by atoms with Crippen LogP contribution >= 0.6 is 0 Å². The summed E-state index contributed by atoms with van der Waals surface area (Å²) in [5, 5.41) is 2.51. The van der Waals surface area contributed by atoms with Crippen LogP contribution in [0.2, 0.25) is 0 Å². The third-order valence-corrected chi connectivity index (χ3v) is 12.8. The van der Waals surface area contributed by atoms with E-state index < -0.39 is 0 Å². The van der Waals surface area contributed by atoms with Crippen LogP contribution in [0.15, 0.2) is 182 Å². The summed E-state index contributed by atoms with van der Waals surface area (Å²) in [6.07, 6.45) is 0. The first-order valence-electron chi connectivity index (χ1n) is 19.8. The van der Waals surface area contributed by atoms with E-state index in [0.29, 0.717) is 0 Å². The van der Waals surface area contributed by atoms with Gasteiger partial charge in [-0.1, -0.05) is 173 Å². The first kappa shape index (κ1) is 32.8. The Balaban J connectivity index is 1.29. The monoisotopic (exact) mass is 718 g/mol. The lowest BCUT2D eigenvalue weighted by Crippen LogP contribution is -2.18. The molecule has 11 rings (SSSR count). The summed E-state index contributed by atoms with van der Waals surface area (Å²) in [4.78, 5) is 2.60. The second-order valence-corrected chi connectivity index (χ2v) is 16.5. The molecule has 2 aliphatic carbocycles. The number of nitrogens with zero attached hydrogens (tertiary/aromatic N) is 2. The largest absolute Gasteiger partial charge is 0.309 e. The van der Waals surface area contributed by atoms with E-state index in [4.69, 9.17) is 0 Å². The van der Waals surface area contributed by atoms with Crippen LogP contribution < -0.4 is 4.90 Å². The molecule has 9 aromatic rings. The first-order valence-corrected chi connectivity index (χ1v) is 19.8. The lowest BCUT2D eigenvalue weighted by atomic mass is 9.82. The molecule has 0 spiro atoms. The van der Waals surface area contributed by atoms with Crippen molar-refractivity contribution >= 4 is 38.9 Å². The van der Waals surface area contributed by atoms with Crippen LogP contribution in [0.5, 0.6) is 0 Å². The maximum atomic E-state index is 2.60. The third kappa shape index (κ3) is 4.50. The minimum Gasteiger partial charge on any atom is -0.309 e. The second-order valence-electron chi connectivity index (χ2n) is 16.5. The second kappa shape index (κ2) is 11.9. The summed E-state index contributed by atoms with van der Waals surface area (Å²) in [7, 11) is 0. The molecule has 0 atom stereocenters. The highest BCUT2D eigenvalue weighted by Gasteiger charge is 2.41. The lowest BCUT2D eigenvalue weighted by molar-refractivity contribution is 0.660. The van der Waals surface area contributed by atoms with Crippen molar-refractivity contribution in [3.8, 4) is 39.1 Å². The fourth-order valence-electron chi connectivity index (χ4n) is 10.1. The van der Waals surface area contributed by atoms with E-state index in [2.05, 4.69) is 219 Å². The zero-order chi connectivity index (χ0) is 37.8. The van der Waals surface area contributed by atoms with E-state index in [0.717, 1.165) is 11.4 Å². The smallest absolute Gasteiger partial charge is 0.0561 e. The van der Waals surface area contributed by atoms with Gasteiger partial charge in [-0.2, -0.15) is 0 Å². The Kier molecular flexibility index (Phi) is 6.98. The predicted octanol–water partition coefficient (Wildman–Crippen LogP) is 14.5. The quantitative estimate of drug-likeness (QED) is 0.172. The fraction of sp³-hybridized carbons (Fsp3) is 0.111. The molecular weight excluding hydrogens is 677 g/mol. The standard InChI is InChI=1S/C54H42N2/c1-53(2)42-24-12-8-22-40(42)51-44(53)26-16-30-48(51)56(49-31-17-27-45-52(49)41-23-9-13-25-43(41)54(45,3)4)50-34-36(32-33-37(50)35-18-6-5-7-19-35)55-46-28-14-10-20-38(46)39-21-11-15-29-47(39)55/h5-34H,1-4H3. The third-order valence-electron chi connectivity index (χ3n) is 12.8.